The first-order valence-corrected chi connectivity index (χ1v) is 8.10. The lowest BCUT2D eigenvalue weighted by Gasteiger charge is -2.19. The first-order valence-electron chi connectivity index (χ1n) is 8.10. The van der Waals surface area contributed by atoms with E-state index in [0.29, 0.717) is 11.3 Å². The number of amides is 1. The van der Waals surface area contributed by atoms with Gasteiger partial charge in [0.25, 0.3) is 5.91 Å². The van der Waals surface area contributed by atoms with Crippen molar-refractivity contribution in [2.24, 2.45) is 0 Å². The molecule has 0 spiro atoms. The Hall–Kier alpha value is -2.81. The van der Waals surface area contributed by atoms with Gasteiger partial charge in [-0.05, 0) is 37.5 Å². The maximum absolute atomic E-state index is 12.7. The van der Waals surface area contributed by atoms with E-state index in [1.54, 1.807) is 6.07 Å². The molecule has 3 aromatic rings. The van der Waals surface area contributed by atoms with Crippen molar-refractivity contribution in [3.8, 4) is 0 Å². The zero-order valence-corrected chi connectivity index (χ0v) is 14.0. The van der Waals surface area contributed by atoms with E-state index in [2.05, 4.69) is 17.4 Å². The minimum atomic E-state index is -0.103. The van der Waals surface area contributed by atoms with Crippen molar-refractivity contribution in [2.45, 2.75) is 26.3 Å². The topological polar surface area (TPSA) is 42.2 Å². The average Bonchev–Trinajstić information content (AvgIpc) is 2.94. The lowest BCUT2D eigenvalue weighted by Crippen LogP contribution is -2.30. The number of carbonyl (C=O) groups excluding carboxylic acids is 1. The van der Waals surface area contributed by atoms with Gasteiger partial charge in [-0.1, -0.05) is 60.7 Å². The van der Waals surface area contributed by atoms with Gasteiger partial charge >= 0.3 is 0 Å². The predicted octanol–water partition coefficient (Wildman–Crippen LogP) is 4.61. The molecule has 3 nitrogen and oxygen atoms in total. The number of furan rings is 1. The largest absolute Gasteiger partial charge is 0.466 e. The van der Waals surface area contributed by atoms with E-state index < -0.39 is 0 Å². The second kappa shape index (κ2) is 7.18. The van der Waals surface area contributed by atoms with Gasteiger partial charge in [0.05, 0.1) is 11.6 Å². The van der Waals surface area contributed by atoms with Crippen molar-refractivity contribution < 1.29 is 9.21 Å². The number of nitrogens with one attached hydrogen (secondary N) is 1. The van der Waals surface area contributed by atoms with Crippen LogP contribution in [0.4, 0.5) is 0 Å². The quantitative estimate of drug-likeness (QED) is 0.746. The van der Waals surface area contributed by atoms with Crippen LogP contribution in [0, 0.1) is 13.8 Å². The Morgan fingerprint density at radius 2 is 1.62 bits per heavy atom. The standard InChI is InChI=1S/C21H21NO2/c1-15-13-19(16(2)24-15)21(23)22-20(18-11-7-4-8-12-18)14-17-9-5-3-6-10-17/h3-13,20H,14H2,1-2H3,(H,22,23)/t20-/m1/s1. The highest BCUT2D eigenvalue weighted by molar-refractivity contribution is 5.95. The fourth-order valence-corrected chi connectivity index (χ4v) is 2.88. The van der Waals surface area contributed by atoms with Crippen LogP contribution in [-0.4, -0.2) is 5.91 Å². The van der Waals surface area contributed by atoms with Crippen LogP contribution in [0.2, 0.25) is 0 Å². The highest BCUT2D eigenvalue weighted by Gasteiger charge is 2.19. The molecule has 1 N–H and O–H groups in total. The molecule has 0 aliphatic carbocycles. The van der Waals surface area contributed by atoms with Gasteiger partial charge in [-0.25, -0.2) is 0 Å². The summed E-state index contributed by atoms with van der Waals surface area (Å²) in [7, 11) is 0. The number of aryl methyl sites for hydroxylation is 2. The zero-order valence-electron chi connectivity index (χ0n) is 14.0. The minimum Gasteiger partial charge on any atom is -0.466 e. The summed E-state index contributed by atoms with van der Waals surface area (Å²) in [5.41, 5.74) is 2.88. The normalized spacial score (nSPS) is 11.9. The first-order chi connectivity index (χ1) is 11.6. The molecule has 1 amide bonds. The van der Waals surface area contributed by atoms with Crippen LogP contribution >= 0.6 is 0 Å². The van der Waals surface area contributed by atoms with Crippen LogP contribution in [0.25, 0.3) is 0 Å². The van der Waals surface area contributed by atoms with Gasteiger partial charge in [0, 0.05) is 0 Å². The molecule has 2 aromatic carbocycles. The van der Waals surface area contributed by atoms with E-state index in [4.69, 9.17) is 4.42 Å². The van der Waals surface area contributed by atoms with Gasteiger partial charge < -0.3 is 9.73 Å². The smallest absolute Gasteiger partial charge is 0.255 e. The second-order valence-corrected chi connectivity index (χ2v) is 5.95. The highest BCUT2D eigenvalue weighted by Crippen LogP contribution is 2.20. The Balaban J connectivity index is 1.85. The molecule has 0 aliphatic rings. The van der Waals surface area contributed by atoms with Crippen molar-refractivity contribution in [3.63, 3.8) is 0 Å². The van der Waals surface area contributed by atoms with Gasteiger partial charge in [-0.2, -0.15) is 0 Å². The molecule has 1 atom stereocenters. The summed E-state index contributed by atoms with van der Waals surface area (Å²) < 4.78 is 5.48. The molecule has 3 rings (SSSR count). The highest BCUT2D eigenvalue weighted by atomic mass is 16.3. The van der Waals surface area contributed by atoms with Gasteiger partial charge in [-0.15, -0.1) is 0 Å². The molecule has 0 saturated heterocycles. The maximum atomic E-state index is 12.7. The third-order valence-electron chi connectivity index (χ3n) is 4.08. The van der Waals surface area contributed by atoms with Crippen LogP contribution in [-0.2, 0) is 6.42 Å². The SMILES string of the molecule is Cc1cc(C(=O)N[C@H](Cc2ccccc2)c2ccccc2)c(C)o1. The molecule has 0 fully saturated rings. The molecule has 1 heterocycles. The Morgan fingerprint density at radius 3 is 2.21 bits per heavy atom. The van der Waals surface area contributed by atoms with Crippen LogP contribution < -0.4 is 5.32 Å². The molecular formula is C21H21NO2. The molecular weight excluding hydrogens is 298 g/mol. The third kappa shape index (κ3) is 3.74. The molecule has 0 bridgehead atoms. The molecule has 0 saturated carbocycles. The first kappa shape index (κ1) is 16.1. The Labute approximate surface area is 142 Å². The minimum absolute atomic E-state index is 0.0873. The van der Waals surface area contributed by atoms with E-state index in [-0.39, 0.29) is 11.9 Å². The fourth-order valence-electron chi connectivity index (χ4n) is 2.88. The molecule has 24 heavy (non-hydrogen) atoms. The third-order valence-corrected chi connectivity index (χ3v) is 4.08. The van der Waals surface area contributed by atoms with Crippen molar-refractivity contribution >= 4 is 5.91 Å². The number of rotatable bonds is 5. The van der Waals surface area contributed by atoms with Crippen LogP contribution in [0.15, 0.2) is 71.1 Å². The van der Waals surface area contributed by atoms with Crippen LogP contribution in [0.1, 0.15) is 39.0 Å². The maximum Gasteiger partial charge on any atom is 0.255 e. The van der Waals surface area contributed by atoms with Gasteiger partial charge in [0.1, 0.15) is 11.5 Å². The summed E-state index contributed by atoms with van der Waals surface area (Å²) in [6.07, 6.45) is 0.743. The fraction of sp³-hybridized carbons (Fsp3) is 0.190. The van der Waals surface area contributed by atoms with Crippen molar-refractivity contribution in [1.29, 1.82) is 0 Å². The zero-order chi connectivity index (χ0) is 16.9. The average molecular weight is 319 g/mol. The molecule has 122 valence electrons. The summed E-state index contributed by atoms with van der Waals surface area (Å²) in [5, 5.41) is 3.15. The summed E-state index contributed by atoms with van der Waals surface area (Å²) in [6, 6.07) is 21.9. The van der Waals surface area contributed by atoms with Gasteiger partial charge in [-0.3, -0.25) is 4.79 Å². The molecule has 3 heteroatoms. The summed E-state index contributed by atoms with van der Waals surface area (Å²) in [5.74, 6) is 1.29. The summed E-state index contributed by atoms with van der Waals surface area (Å²) in [6.45, 7) is 3.67. The lowest BCUT2D eigenvalue weighted by atomic mass is 9.98. The van der Waals surface area contributed by atoms with Crippen LogP contribution in [0.5, 0.6) is 0 Å². The van der Waals surface area contributed by atoms with Gasteiger partial charge in [0.2, 0.25) is 0 Å². The van der Waals surface area contributed by atoms with E-state index in [9.17, 15) is 4.79 Å². The van der Waals surface area contributed by atoms with Crippen molar-refractivity contribution in [3.05, 3.63) is 94.9 Å². The monoisotopic (exact) mass is 319 g/mol. The van der Waals surface area contributed by atoms with Gasteiger partial charge in [0.15, 0.2) is 0 Å². The van der Waals surface area contributed by atoms with Crippen molar-refractivity contribution in [2.75, 3.05) is 0 Å². The second-order valence-electron chi connectivity index (χ2n) is 5.95. The van der Waals surface area contributed by atoms with E-state index in [1.165, 1.54) is 5.56 Å². The van der Waals surface area contributed by atoms with E-state index >= 15 is 0 Å². The van der Waals surface area contributed by atoms with E-state index in [0.717, 1.165) is 17.7 Å². The Bertz CT molecular complexity index is 806. The summed E-state index contributed by atoms with van der Waals surface area (Å²) >= 11 is 0. The molecule has 0 aliphatic heterocycles. The Morgan fingerprint density at radius 1 is 1.00 bits per heavy atom. The van der Waals surface area contributed by atoms with Crippen LogP contribution in [0.3, 0.4) is 0 Å². The lowest BCUT2D eigenvalue weighted by molar-refractivity contribution is 0.0935. The van der Waals surface area contributed by atoms with E-state index in [1.807, 2.05) is 62.4 Å². The number of hydrogen-bond donors (Lipinski definition) is 1. The van der Waals surface area contributed by atoms with Crippen molar-refractivity contribution in [1.82, 2.24) is 5.32 Å². The number of benzene rings is 2. The predicted molar refractivity (Wildman–Crippen MR) is 95.0 cm³/mol. The number of hydrogen-bond acceptors (Lipinski definition) is 2. The summed E-state index contributed by atoms with van der Waals surface area (Å²) in [4.78, 5) is 12.7. The molecule has 0 unspecified atom stereocenters. The Kier molecular flexibility index (Phi) is 4.80. The molecule has 0 radical (unpaired) electrons. The number of carbonyl (C=O) groups is 1. The molecule has 1 aromatic heterocycles.